The highest BCUT2D eigenvalue weighted by Crippen LogP contribution is 2.26. The van der Waals surface area contributed by atoms with Gasteiger partial charge in [0.1, 0.15) is 18.0 Å². The van der Waals surface area contributed by atoms with Gasteiger partial charge in [-0.05, 0) is 12.1 Å². The van der Waals surface area contributed by atoms with Gasteiger partial charge in [-0.1, -0.05) is 6.07 Å². The lowest BCUT2D eigenvalue weighted by atomic mass is 10.1. The summed E-state index contributed by atoms with van der Waals surface area (Å²) in [5, 5.41) is 5.41. The highest BCUT2D eigenvalue weighted by Gasteiger charge is 2.15. The second-order valence-electron chi connectivity index (χ2n) is 5.77. The molecule has 0 saturated heterocycles. The number of fused-ring (bicyclic) bond motifs is 1. The summed E-state index contributed by atoms with van der Waals surface area (Å²) in [6.45, 7) is 0.00400. The lowest BCUT2D eigenvalue weighted by molar-refractivity contribution is -0.116. The fourth-order valence-corrected chi connectivity index (χ4v) is 2.80. The number of nitrogens with one attached hydrogen (secondary N) is 2. The van der Waals surface area contributed by atoms with Gasteiger partial charge in [-0.15, -0.1) is 0 Å². The molecule has 27 heavy (non-hydrogen) atoms. The van der Waals surface area contributed by atoms with Crippen molar-refractivity contribution in [3.63, 3.8) is 0 Å². The quantitative estimate of drug-likeness (QED) is 0.694. The number of anilines is 1. The monoisotopic (exact) mass is 368 g/mol. The molecule has 0 unspecified atom stereocenters. The van der Waals surface area contributed by atoms with Crippen LogP contribution in [0.2, 0.25) is 0 Å². The van der Waals surface area contributed by atoms with Crippen LogP contribution in [0, 0.1) is 0 Å². The Morgan fingerprint density at radius 3 is 2.44 bits per heavy atom. The first-order chi connectivity index (χ1) is 13.0. The largest absolute Gasteiger partial charge is 0.497 e. The Bertz CT molecular complexity index is 974. The molecule has 2 aromatic carbocycles. The molecule has 1 aromatic heterocycles. The molecule has 0 aliphatic heterocycles. The number of methoxy groups -OCH3 is 2. The SMILES string of the molecule is CNC(=O)c1cccc2ncn(CC(=O)Nc3cc(OC)cc(OC)c3)c12. The predicted octanol–water partition coefficient (Wildman–Crippen LogP) is 2.05. The Morgan fingerprint density at radius 1 is 1.11 bits per heavy atom. The van der Waals surface area contributed by atoms with Crippen molar-refractivity contribution in [3.8, 4) is 11.5 Å². The zero-order chi connectivity index (χ0) is 19.4. The van der Waals surface area contributed by atoms with E-state index in [0.717, 1.165) is 0 Å². The average Bonchev–Trinajstić information content (AvgIpc) is 3.09. The van der Waals surface area contributed by atoms with Crippen LogP contribution in [-0.2, 0) is 11.3 Å². The van der Waals surface area contributed by atoms with Crippen molar-refractivity contribution in [3.05, 3.63) is 48.3 Å². The summed E-state index contributed by atoms with van der Waals surface area (Å²) in [4.78, 5) is 28.9. The maximum atomic E-state index is 12.5. The molecule has 1 heterocycles. The van der Waals surface area contributed by atoms with Gasteiger partial charge in [0.15, 0.2) is 0 Å². The first-order valence-corrected chi connectivity index (χ1v) is 8.24. The van der Waals surface area contributed by atoms with Crippen LogP contribution in [0.4, 0.5) is 5.69 Å². The molecule has 8 nitrogen and oxygen atoms in total. The maximum absolute atomic E-state index is 12.5. The highest BCUT2D eigenvalue weighted by molar-refractivity contribution is 6.05. The first-order valence-electron chi connectivity index (χ1n) is 8.24. The minimum atomic E-state index is -0.267. The molecule has 3 aromatic rings. The predicted molar refractivity (Wildman–Crippen MR) is 101 cm³/mol. The second kappa shape index (κ2) is 7.77. The molecule has 0 aliphatic carbocycles. The molecule has 0 saturated carbocycles. The number of ether oxygens (including phenoxy) is 2. The molecule has 0 aliphatic rings. The number of benzene rings is 2. The smallest absolute Gasteiger partial charge is 0.253 e. The normalized spacial score (nSPS) is 10.5. The van der Waals surface area contributed by atoms with E-state index >= 15 is 0 Å². The maximum Gasteiger partial charge on any atom is 0.253 e. The number of para-hydroxylation sites is 1. The van der Waals surface area contributed by atoms with Crippen molar-refractivity contribution in [2.75, 3.05) is 26.6 Å². The number of amides is 2. The third kappa shape index (κ3) is 3.84. The number of imidazole rings is 1. The summed E-state index contributed by atoms with van der Waals surface area (Å²) in [6.07, 6.45) is 1.54. The van der Waals surface area contributed by atoms with E-state index < -0.39 is 0 Å². The van der Waals surface area contributed by atoms with Gasteiger partial charge in [0, 0.05) is 30.9 Å². The van der Waals surface area contributed by atoms with Crippen LogP contribution in [0.25, 0.3) is 11.0 Å². The summed E-state index contributed by atoms with van der Waals surface area (Å²) in [5.41, 5.74) is 2.26. The molecule has 0 atom stereocenters. The van der Waals surface area contributed by atoms with Gasteiger partial charge in [0.05, 0.1) is 37.1 Å². The fourth-order valence-electron chi connectivity index (χ4n) is 2.80. The van der Waals surface area contributed by atoms with Gasteiger partial charge in [-0.25, -0.2) is 4.98 Å². The van der Waals surface area contributed by atoms with E-state index in [2.05, 4.69) is 15.6 Å². The van der Waals surface area contributed by atoms with Gasteiger partial charge < -0.3 is 24.7 Å². The second-order valence-corrected chi connectivity index (χ2v) is 5.77. The number of hydrogen-bond donors (Lipinski definition) is 2. The Kier molecular flexibility index (Phi) is 5.25. The lowest BCUT2D eigenvalue weighted by Gasteiger charge is -2.11. The van der Waals surface area contributed by atoms with Gasteiger partial charge in [-0.2, -0.15) is 0 Å². The van der Waals surface area contributed by atoms with Gasteiger partial charge in [-0.3, -0.25) is 9.59 Å². The molecule has 0 fully saturated rings. The van der Waals surface area contributed by atoms with Gasteiger partial charge >= 0.3 is 0 Å². The molecule has 2 N–H and O–H groups in total. The van der Waals surface area contributed by atoms with E-state index in [1.54, 1.807) is 54.3 Å². The molecule has 2 amide bonds. The van der Waals surface area contributed by atoms with Gasteiger partial charge in [0.25, 0.3) is 5.91 Å². The number of aromatic nitrogens is 2. The third-order valence-corrected chi connectivity index (χ3v) is 4.06. The van der Waals surface area contributed by atoms with E-state index in [1.165, 1.54) is 14.2 Å². The number of rotatable bonds is 6. The topological polar surface area (TPSA) is 94.5 Å². The minimum absolute atomic E-state index is 0.00400. The molecule has 3 rings (SSSR count). The first kappa shape index (κ1) is 18.2. The van der Waals surface area contributed by atoms with Crippen molar-refractivity contribution in [1.82, 2.24) is 14.9 Å². The van der Waals surface area contributed by atoms with Crippen LogP contribution in [0.3, 0.4) is 0 Å². The van der Waals surface area contributed by atoms with Crippen molar-refractivity contribution < 1.29 is 19.1 Å². The standard InChI is InChI=1S/C19H20N4O4/c1-20-19(25)15-5-4-6-16-18(15)23(11-21-16)10-17(24)22-12-7-13(26-2)9-14(8-12)27-3/h4-9,11H,10H2,1-3H3,(H,20,25)(H,22,24). The zero-order valence-corrected chi connectivity index (χ0v) is 15.3. The average molecular weight is 368 g/mol. The Morgan fingerprint density at radius 2 is 1.81 bits per heavy atom. The van der Waals surface area contributed by atoms with E-state index in [0.29, 0.717) is 33.8 Å². The summed E-state index contributed by atoms with van der Waals surface area (Å²) < 4.78 is 12.1. The van der Waals surface area contributed by atoms with Crippen molar-refractivity contribution in [1.29, 1.82) is 0 Å². The zero-order valence-electron chi connectivity index (χ0n) is 15.3. The van der Waals surface area contributed by atoms with Crippen LogP contribution in [-0.4, -0.2) is 42.6 Å². The van der Waals surface area contributed by atoms with Crippen molar-refractivity contribution >= 4 is 28.5 Å². The van der Waals surface area contributed by atoms with Crippen molar-refractivity contribution in [2.45, 2.75) is 6.54 Å². The van der Waals surface area contributed by atoms with Crippen LogP contribution < -0.4 is 20.1 Å². The highest BCUT2D eigenvalue weighted by atomic mass is 16.5. The Balaban J connectivity index is 1.86. The summed E-state index contributed by atoms with van der Waals surface area (Å²) >= 11 is 0. The minimum Gasteiger partial charge on any atom is -0.497 e. The molecular formula is C19H20N4O4. The number of nitrogens with zero attached hydrogens (tertiary/aromatic N) is 2. The summed E-state index contributed by atoms with van der Waals surface area (Å²) in [6, 6.07) is 10.4. The van der Waals surface area contributed by atoms with Crippen LogP contribution in [0.15, 0.2) is 42.7 Å². The summed E-state index contributed by atoms with van der Waals surface area (Å²) in [5.74, 6) is 0.635. The third-order valence-electron chi connectivity index (χ3n) is 4.06. The van der Waals surface area contributed by atoms with Crippen LogP contribution in [0.1, 0.15) is 10.4 Å². The number of carbonyl (C=O) groups excluding carboxylic acids is 2. The molecule has 140 valence electrons. The molecule has 0 radical (unpaired) electrons. The van der Waals surface area contributed by atoms with E-state index in [9.17, 15) is 9.59 Å². The van der Waals surface area contributed by atoms with Gasteiger partial charge in [0.2, 0.25) is 5.91 Å². The fraction of sp³-hybridized carbons (Fsp3) is 0.211. The Hall–Kier alpha value is -3.55. The van der Waals surface area contributed by atoms with E-state index in [1.807, 2.05) is 0 Å². The lowest BCUT2D eigenvalue weighted by Crippen LogP contribution is -2.21. The molecule has 0 spiro atoms. The number of hydrogen-bond acceptors (Lipinski definition) is 5. The van der Waals surface area contributed by atoms with Crippen LogP contribution >= 0.6 is 0 Å². The van der Waals surface area contributed by atoms with Crippen LogP contribution in [0.5, 0.6) is 11.5 Å². The molecule has 8 heteroatoms. The Labute approximate surface area is 156 Å². The number of carbonyl (C=O) groups is 2. The van der Waals surface area contributed by atoms with E-state index in [4.69, 9.17) is 9.47 Å². The van der Waals surface area contributed by atoms with E-state index in [-0.39, 0.29) is 18.4 Å². The van der Waals surface area contributed by atoms with Crippen molar-refractivity contribution in [2.24, 2.45) is 0 Å². The summed E-state index contributed by atoms with van der Waals surface area (Å²) in [7, 11) is 4.64. The molecule has 0 bridgehead atoms. The molecular weight excluding hydrogens is 348 g/mol.